The lowest BCUT2D eigenvalue weighted by molar-refractivity contribution is 0.0270. The van der Waals surface area contributed by atoms with Crippen LogP contribution in [0.5, 0.6) is 0 Å². The molecule has 4 aromatic rings. The van der Waals surface area contributed by atoms with Crippen LogP contribution in [-0.2, 0) is 10.5 Å². The van der Waals surface area contributed by atoms with Gasteiger partial charge < -0.3 is 14.1 Å². The lowest BCUT2D eigenvalue weighted by Crippen LogP contribution is -2.39. The number of oxazole rings is 1. The van der Waals surface area contributed by atoms with Crippen LogP contribution in [0.3, 0.4) is 0 Å². The molecule has 0 N–H and O–H groups in total. The Morgan fingerprint density at radius 1 is 1.10 bits per heavy atom. The Kier molecular flexibility index (Phi) is 7.90. The first-order valence-corrected chi connectivity index (χ1v) is 14.4. The van der Waals surface area contributed by atoms with E-state index in [-0.39, 0.29) is 17.2 Å². The van der Waals surface area contributed by atoms with Crippen molar-refractivity contribution in [2.75, 3.05) is 13.1 Å². The Morgan fingerprint density at radius 2 is 1.82 bits per heavy atom. The summed E-state index contributed by atoms with van der Waals surface area (Å²) in [6.07, 6.45) is 2.32. The standard InChI is InChI=1S/C32H33FN2O4S/c1-21(25-12-8-9-13-26(25)23-14-16-34(17-15-23)30(36)39-32(2,3)4)35-29-27(33)18-24(19-28(29)38-31(35)37)40-20-22-10-6-5-7-11-22/h5-14,18-19,21H,15-17,20H2,1-4H3. The first-order valence-electron chi connectivity index (χ1n) is 13.4. The molecule has 1 aliphatic rings. The summed E-state index contributed by atoms with van der Waals surface area (Å²) in [6.45, 7) is 8.38. The molecule has 6 nitrogen and oxygen atoms in total. The Balaban J connectivity index is 1.41. The average molecular weight is 561 g/mol. The zero-order chi connectivity index (χ0) is 28.4. The van der Waals surface area contributed by atoms with Gasteiger partial charge in [0.1, 0.15) is 11.1 Å². The number of halogens is 1. The summed E-state index contributed by atoms with van der Waals surface area (Å²) in [6, 6.07) is 20.5. The summed E-state index contributed by atoms with van der Waals surface area (Å²) in [5.74, 6) is -0.413. The van der Waals surface area contributed by atoms with E-state index < -0.39 is 23.2 Å². The zero-order valence-electron chi connectivity index (χ0n) is 23.1. The van der Waals surface area contributed by atoms with Gasteiger partial charge in [-0.05, 0) is 68.5 Å². The van der Waals surface area contributed by atoms with E-state index in [2.05, 4.69) is 0 Å². The first kappa shape index (κ1) is 27.8. The number of benzene rings is 3. The van der Waals surface area contributed by atoms with Crippen LogP contribution in [-0.4, -0.2) is 34.3 Å². The molecule has 1 aromatic heterocycles. The SMILES string of the molecule is CC(c1ccccc1C1=CCN(C(=O)OC(C)(C)C)CC1)n1c(=O)oc2cc(SCc3ccccc3)cc(F)c21. The first-order chi connectivity index (χ1) is 19.1. The molecule has 0 spiro atoms. The number of nitrogens with zero attached hydrogens (tertiary/aromatic N) is 2. The van der Waals surface area contributed by atoms with Gasteiger partial charge in [-0.1, -0.05) is 60.7 Å². The van der Waals surface area contributed by atoms with Crippen molar-refractivity contribution in [2.45, 2.75) is 56.4 Å². The maximum atomic E-state index is 15.5. The Hall–Kier alpha value is -3.78. The molecule has 0 saturated heterocycles. The number of carbonyl (C=O) groups is 1. The van der Waals surface area contributed by atoms with Gasteiger partial charge in [-0.15, -0.1) is 11.8 Å². The van der Waals surface area contributed by atoms with E-state index in [1.54, 1.807) is 11.0 Å². The van der Waals surface area contributed by atoms with E-state index in [0.717, 1.165) is 22.3 Å². The molecule has 208 valence electrons. The van der Waals surface area contributed by atoms with Crippen LogP contribution in [0.4, 0.5) is 9.18 Å². The van der Waals surface area contributed by atoms with Crippen LogP contribution in [0.15, 0.2) is 86.9 Å². The maximum absolute atomic E-state index is 15.5. The van der Waals surface area contributed by atoms with Gasteiger partial charge in [-0.2, -0.15) is 0 Å². The van der Waals surface area contributed by atoms with Gasteiger partial charge in [0.05, 0.1) is 6.04 Å². The summed E-state index contributed by atoms with van der Waals surface area (Å²) in [5, 5.41) is 0. The van der Waals surface area contributed by atoms with Crippen LogP contribution in [0.2, 0.25) is 0 Å². The molecular weight excluding hydrogens is 527 g/mol. The van der Waals surface area contributed by atoms with Gasteiger partial charge in [0.15, 0.2) is 11.4 Å². The molecule has 8 heteroatoms. The molecule has 0 radical (unpaired) electrons. The molecule has 0 fully saturated rings. The molecule has 2 heterocycles. The number of amides is 1. The van der Waals surface area contributed by atoms with Crippen molar-refractivity contribution in [1.82, 2.24) is 9.47 Å². The molecule has 0 aliphatic carbocycles. The molecule has 1 aliphatic heterocycles. The smallest absolute Gasteiger partial charge is 0.420 e. The second-order valence-electron chi connectivity index (χ2n) is 10.9. The monoisotopic (exact) mass is 560 g/mol. The molecule has 1 amide bonds. The summed E-state index contributed by atoms with van der Waals surface area (Å²) >= 11 is 1.49. The minimum absolute atomic E-state index is 0.157. The predicted molar refractivity (Wildman–Crippen MR) is 157 cm³/mol. The van der Waals surface area contributed by atoms with Crippen LogP contribution >= 0.6 is 11.8 Å². The highest BCUT2D eigenvalue weighted by Crippen LogP contribution is 2.34. The van der Waals surface area contributed by atoms with Gasteiger partial charge in [0, 0.05) is 23.7 Å². The lowest BCUT2D eigenvalue weighted by atomic mass is 9.92. The minimum atomic E-state index is -0.602. The van der Waals surface area contributed by atoms with E-state index in [1.165, 1.54) is 22.4 Å². The zero-order valence-corrected chi connectivity index (χ0v) is 24.0. The number of aromatic nitrogens is 1. The van der Waals surface area contributed by atoms with E-state index in [4.69, 9.17) is 9.15 Å². The van der Waals surface area contributed by atoms with Gasteiger partial charge in [0.2, 0.25) is 0 Å². The third-order valence-corrected chi connectivity index (χ3v) is 7.94. The quantitative estimate of drug-likeness (QED) is 0.227. The van der Waals surface area contributed by atoms with Crippen molar-refractivity contribution >= 4 is 34.5 Å². The van der Waals surface area contributed by atoms with E-state index in [9.17, 15) is 9.59 Å². The van der Waals surface area contributed by atoms with E-state index in [1.807, 2.05) is 88.4 Å². The van der Waals surface area contributed by atoms with Crippen molar-refractivity contribution in [3.05, 3.63) is 106 Å². The molecule has 0 saturated carbocycles. The number of rotatable bonds is 6. The van der Waals surface area contributed by atoms with Gasteiger partial charge >= 0.3 is 11.8 Å². The summed E-state index contributed by atoms with van der Waals surface area (Å²) < 4.78 is 28.0. The fourth-order valence-corrected chi connectivity index (χ4v) is 5.87. The number of thioether (sulfide) groups is 1. The van der Waals surface area contributed by atoms with Gasteiger partial charge in [-0.25, -0.2) is 14.0 Å². The number of ether oxygens (including phenoxy) is 1. The van der Waals surface area contributed by atoms with E-state index in [0.29, 0.717) is 30.2 Å². The average Bonchev–Trinajstić information content (AvgIpc) is 3.27. The highest BCUT2D eigenvalue weighted by molar-refractivity contribution is 7.98. The third-order valence-electron chi connectivity index (χ3n) is 6.89. The van der Waals surface area contributed by atoms with Crippen molar-refractivity contribution in [1.29, 1.82) is 0 Å². The molecular formula is C32H33FN2O4S. The van der Waals surface area contributed by atoms with Crippen molar-refractivity contribution in [3.63, 3.8) is 0 Å². The largest absolute Gasteiger partial charge is 0.444 e. The number of hydrogen-bond acceptors (Lipinski definition) is 5. The maximum Gasteiger partial charge on any atom is 0.420 e. The topological polar surface area (TPSA) is 64.7 Å². The van der Waals surface area contributed by atoms with Gasteiger partial charge in [0.25, 0.3) is 0 Å². The van der Waals surface area contributed by atoms with Crippen molar-refractivity contribution in [3.8, 4) is 0 Å². The molecule has 1 atom stereocenters. The van der Waals surface area contributed by atoms with Crippen LogP contribution in [0, 0.1) is 5.82 Å². The summed E-state index contributed by atoms with van der Waals surface area (Å²) in [7, 11) is 0. The Labute approximate surface area is 237 Å². The molecule has 0 bridgehead atoms. The molecule has 5 rings (SSSR count). The fraction of sp³-hybridized carbons (Fsp3) is 0.312. The second-order valence-corrected chi connectivity index (χ2v) is 12.0. The third kappa shape index (κ3) is 6.02. The number of carbonyl (C=O) groups excluding carboxylic acids is 1. The second kappa shape index (κ2) is 11.4. The minimum Gasteiger partial charge on any atom is -0.444 e. The molecule has 1 unspecified atom stereocenters. The predicted octanol–water partition coefficient (Wildman–Crippen LogP) is 7.66. The van der Waals surface area contributed by atoms with Crippen LogP contribution in [0.25, 0.3) is 16.7 Å². The summed E-state index contributed by atoms with van der Waals surface area (Å²) in [5.41, 5.74) is 3.88. The Bertz CT molecular complexity index is 1620. The van der Waals surface area contributed by atoms with Gasteiger partial charge in [-0.3, -0.25) is 4.57 Å². The normalized spacial score (nSPS) is 14.7. The Morgan fingerprint density at radius 3 is 2.52 bits per heavy atom. The van der Waals surface area contributed by atoms with Crippen LogP contribution in [0.1, 0.15) is 56.8 Å². The number of fused-ring (bicyclic) bond motifs is 1. The lowest BCUT2D eigenvalue weighted by Gasteiger charge is -2.30. The number of hydrogen-bond donors (Lipinski definition) is 0. The highest BCUT2D eigenvalue weighted by Gasteiger charge is 2.26. The highest BCUT2D eigenvalue weighted by atomic mass is 32.2. The van der Waals surface area contributed by atoms with E-state index >= 15 is 4.39 Å². The molecule has 3 aromatic carbocycles. The molecule has 40 heavy (non-hydrogen) atoms. The van der Waals surface area contributed by atoms with Crippen molar-refractivity contribution in [2.24, 2.45) is 0 Å². The van der Waals surface area contributed by atoms with Crippen molar-refractivity contribution < 1.29 is 18.3 Å². The fourth-order valence-electron chi connectivity index (χ4n) is 4.97. The summed E-state index contributed by atoms with van der Waals surface area (Å²) in [4.78, 5) is 28.0. The van der Waals surface area contributed by atoms with Crippen LogP contribution < -0.4 is 5.76 Å².